The summed E-state index contributed by atoms with van der Waals surface area (Å²) < 4.78 is 30.9. The van der Waals surface area contributed by atoms with Crippen LogP contribution in [0.15, 0.2) is 23.1 Å². The zero-order chi connectivity index (χ0) is 10.9. The van der Waals surface area contributed by atoms with Gasteiger partial charge in [-0.2, -0.15) is 8.42 Å². The summed E-state index contributed by atoms with van der Waals surface area (Å²) in [6, 6.07) is 4.93. The van der Waals surface area contributed by atoms with E-state index >= 15 is 0 Å². The van der Waals surface area contributed by atoms with E-state index in [9.17, 15) is 8.42 Å². The van der Waals surface area contributed by atoms with E-state index in [2.05, 4.69) is 0 Å². The molecule has 0 saturated heterocycles. The van der Waals surface area contributed by atoms with Crippen molar-refractivity contribution in [3.8, 4) is 0 Å². The van der Waals surface area contributed by atoms with E-state index in [0.29, 0.717) is 5.56 Å². The molecule has 0 amide bonds. The van der Waals surface area contributed by atoms with E-state index in [1.54, 1.807) is 13.0 Å². The van der Waals surface area contributed by atoms with Crippen molar-refractivity contribution in [1.82, 2.24) is 0 Å². The largest absolute Gasteiger partial charge is 0.294 e. The Morgan fingerprint density at radius 2 is 1.86 bits per heavy atom. The minimum atomic E-state index is -4.09. The average molecular weight is 214 g/mol. The molecule has 1 aromatic carbocycles. The van der Waals surface area contributed by atoms with E-state index in [1.165, 1.54) is 6.07 Å². The Kier molecular flexibility index (Phi) is 2.97. The molecule has 0 aliphatic rings. The van der Waals surface area contributed by atoms with Crippen LogP contribution in [0.25, 0.3) is 0 Å². The van der Waals surface area contributed by atoms with Crippen LogP contribution in [-0.4, -0.2) is 13.0 Å². The molecule has 0 aliphatic carbocycles. The van der Waals surface area contributed by atoms with Crippen LogP contribution in [0, 0.1) is 6.92 Å². The Balaban J connectivity index is 3.43. The lowest BCUT2D eigenvalue weighted by Crippen LogP contribution is -2.04. The van der Waals surface area contributed by atoms with Crippen molar-refractivity contribution in [2.75, 3.05) is 0 Å². The van der Waals surface area contributed by atoms with Crippen LogP contribution in [-0.2, 0) is 10.1 Å². The van der Waals surface area contributed by atoms with Gasteiger partial charge in [-0.15, -0.1) is 0 Å². The summed E-state index contributed by atoms with van der Waals surface area (Å²) in [6.07, 6.45) is 0. The average Bonchev–Trinajstić information content (AvgIpc) is 2.01. The van der Waals surface area contributed by atoms with E-state index < -0.39 is 10.1 Å². The molecule has 0 heterocycles. The van der Waals surface area contributed by atoms with Crippen LogP contribution < -0.4 is 0 Å². The fourth-order valence-corrected chi connectivity index (χ4v) is 2.29. The van der Waals surface area contributed by atoms with Gasteiger partial charge in [-0.25, -0.2) is 0 Å². The fourth-order valence-electron chi connectivity index (χ4n) is 1.54. The molecule has 1 rings (SSSR count). The highest BCUT2D eigenvalue weighted by atomic mass is 32.2. The highest BCUT2D eigenvalue weighted by molar-refractivity contribution is 7.85. The lowest BCUT2D eigenvalue weighted by Gasteiger charge is -2.11. The summed E-state index contributed by atoms with van der Waals surface area (Å²) in [5, 5.41) is 0. The second-order valence-electron chi connectivity index (χ2n) is 3.60. The Labute approximate surface area is 84.5 Å². The van der Waals surface area contributed by atoms with Gasteiger partial charge in [0.05, 0.1) is 4.90 Å². The Hall–Kier alpha value is -0.870. The van der Waals surface area contributed by atoms with Gasteiger partial charge in [-0.3, -0.25) is 4.55 Å². The molecule has 1 aromatic rings. The zero-order valence-corrected chi connectivity index (χ0v) is 9.30. The van der Waals surface area contributed by atoms with Gasteiger partial charge in [0, 0.05) is 0 Å². The van der Waals surface area contributed by atoms with Crippen molar-refractivity contribution in [2.24, 2.45) is 0 Å². The Morgan fingerprint density at radius 1 is 1.29 bits per heavy atom. The van der Waals surface area contributed by atoms with Crippen molar-refractivity contribution in [3.63, 3.8) is 0 Å². The van der Waals surface area contributed by atoms with Gasteiger partial charge in [-0.05, 0) is 30.0 Å². The minimum Gasteiger partial charge on any atom is -0.282 e. The normalized spacial score (nSPS) is 12.1. The molecule has 1 N–H and O–H groups in total. The van der Waals surface area contributed by atoms with Gasteiger partial charge >= 0.3 is 0 Å². The van der Waals surface area contributed by atoms with Gasteiger partial charge in [0.2, 0.25) is 0 Å². The lowest BCUT2D eigenvalue weighted by atomic mass is 9.98. The predicted molar refractivity (Wildman–Crippen MR) is 55.1 cm³/mol. The fraction of sp³-hybridized carbons (Fsp3) is 0.400. The second-order valence-corrected chi connectivity index (χ2v) is 4.99. The van der Waals surface area contributed by atoms with Crippen LogP contribution in [0.1, 0.15) is 30.9 Å². The summed E-state index contributed by atoms with van der Waals surface area (Å²) in [7, 11) is -4.09. The highest BCUT2D eigenvalue weighted by Gasteiger charge is 2.15. The Bertz CT molecular complexity index is 433. The molecule has 0 atom stereocenters. The molecule has 0 saturated carbocycles. The van der Waals surface area contributed by atoms with E-state index in [4.69, 9.17) is 4.55 Å². The molecule has 0 spiro atoms. The summed E-state index contributed by atoms with van der Waals surface area (Å²) >= 11 is 0. The molecule has 3 nitrogen and oxygen atoms in total. The van der Waals surface area contributed by atoms with E-state index in [0.717, 1.165) is 5.56 Å². The first-order chi connectivity index (χ1) is 6.34. The minimum absolute atomic E-state index is 0.00343. The van der Waals surface area contributed by atoms with Crippen LogP contribution in [0.5, 0.6) is 0 Å². The molecule has 0 radical (unpaired) electrons. The quantitative estimate of drug-likeness (QED) is 0.769. The molecule has 0 unspecified atom stereocenters. The molecule has 78 valence electrons. The highest BCUT2D eigenvalue weighted by Crippen LogP contribution is 2.24. The number of rotatable bonds is 2. The summed E-state index contributed by atoms with van der Waals surface area (Å²) in [4.78, 5) is 0.00343. The van der Waals surface area contributed by atoms with Crippen molar-refractivity contribution < 1.29 is 13.0 Å². The van der Waals surface area contributed by atoms with Crippen molar-refractivity contribution in [3.05, 3.63) is 29.3 Å². The molecule has 0 bridgehead atoms. The van der Waals surface area contributed by atoms with Crippen molar-refractivity contribution in [1.29, 1.82) is 0 Å². The lowest BCUT2D eigenvalue weighted by molar-refractivity contribution is 0.482. The van der Waals surface area contributed by atoms with Gasteiger partial charge in [0.1, 0.15) is 0 Å². The van der Waals surface area contributed by atoms with Gasteiger partial charge in [0.25, 0.3) is 10.1 Å². The Morgan fingerprint density at radius 3 is 2.29 bits per heavy atom. The SMILES string of the molecule is Cc1c(C(C)C)cccc1S(=O)(=O)O. The van der Waals surface area contributed by atoms with Gasteiger partial charge < -0.3 is 0 Å². The van der Waals surface area contributed by atoms with Crippen LogP contribution >= 0.6 is 0 Å². The van der Waals surface area contributed by atoms with E-state index in [1.807, 2.05) is 19.9 Å². The monoisotopic (exact) mass is 214 g/mol. The molecule has 14 heavy (non-hydrogen) atoms. The van der Waals surface area contributed by atoms with Gasteiger partial charge in [-0.1, -0.05) is 26.0 Å². The first-order valence-electron chi connectivity index (χ1n) is 4.41. The maximum absolute atomic E-state index is 11.0. The predicted octanol–water partition coefficient (Wildman–Crippen LogP) is 2.37. The summed E-state index contributed by atoms with van der Waals surface area (Å²) in [5.74, 6) is 0.247. The molecule has 0 aromatic heterocycles. The zero-order valence-electron chi connectivity index (χ0n) is 8.48. The standard InChI is InChI=1S/C10H14O3S/c1-7(2)9-5-4-6-10(8(9)3)14(11,12)13/h4-7H,1-3H3,(H,11,12,13). The third-order valence-corrected chi connectivity index (χ3v) is 3.22. The van der Waals surface area contributed by atoms with Gasteiger partial charge in [0.15, 0.2) is 0 Å². The van der Waals surface area contributed by atoms with Crippen molar-refractivity contribution in [2.45, 2.75) is 31.6 Å². The first kappa shape index (κ1) is 11.2. The number of hydrogen-bond donors (Lipinski definition) is 1. The summed E-state index contributed by atoms with van der Waals surface area (Å²) in [6.45, 7) is 5.67. The topological polar surface area (TPSA) is 54.4 Å². The molecule has 0 aliphatic heterocycles. The smallest absolute Gasteiger partial charge is 0.282 e. The maximum Gasteiger partial charge on any atom is 0.294 e. The second kappa shape index (κ2) is 3.71. The summed E-state index contributed by atoms with van der Waals surface area (Å²) in [5.41, 5.74) is 1.57. The number of hydrogen-bond acceptors (Lipinski definition) is 2. The van der Waals surface area contributed by atoms with Crippen LogP contribution in [0.3, 0.4) is 0 Å². The molecule has 0 fully saturated rings. The first-order valence-corrected chi connectivity index (χ1v) is 5.85. The third kappa shape index (κ3) is 2.13. The number of benzene rings is 1. The van der Waals surface area contributed by atoms with Crippen LogP contribution in [0.4, 0.5) is 0 Å². The maximum atomic E-state index is 11.0. The molecule has 4 heteroatoms. The van der Waals surface area contributed by atoms with Crippen LogP contribution in [0.2, 0.25) is 0 Å². The molecular formula is C10H14O3S. The van der Waals surface area contributed by atoms with E-state index in [-0.39, 0.29) is 10.8 Å². The molecular weight excluding hydrogens is 200 g/mol. The van der Waals surface area contributed by atoms with Crippen molar-refractivity contribution >= 4 is 10.1 Å². The third-order valence-electron chi connectivity index (χ3n) is 2.23.